The number of benzene rings is 1. The van der Waals surface area contributed by atoms with Gasteiger partial charge in [0.15, 0.2) is 0 Å². The van der Waals surface area contributed by atoms with E-state index in [-0.39, 0.29) is 0 Å². The first kappa shape index (κ1) is 12.6. The van der Waals surface area contributed by atoms with E-state index < -0.39 is 8.32 Å². The second-order valence-corrected chi connectivity index (χ2v) is 9.23. The minimum Gasteiger partial charge on any atom is -0.409 e. The van der Waals surface area contributed by atoms with Crippen LogP contribution in [0.5, 0.6) is 0 Å². The van der Waals surface area contributed by atoms with Crippen molar-refractivity contribution in [3.8, 4) is 0 Å². The predicted octanol–water partition coefficient (Wildman–Crippen LogP) is 3.47. The summed E-state index contributed by atoms with van der Waals surface area (Å²) < 4.78 is 6.46. The molecule has 2 atom stereocenters. The standard InChI is InChI=1S/C15H22OSi/c1-13-9-7-8-12-15(13)16-17(2,3)14-10-5-4-6-11-14/h4-7,9-11,13,15H,8,12H2,1-3H3/t13-,15-/m0/s1. The van der Waals surface area contributed by atoms with Crippen LogP contribution >= 0.6 is 0 Å². The molecule has 1 aromatic rings. The van der Waals surface area contributed by atoms with Crippen molar-refractivity contribution in [2.24, 2.45) is 5.92 Å². The molecule has 1 aromatic carbocycles. The van der Waals surface area contributed by atoms with Crippen LogP contribution in [0.25, 0.3) is 0 Å². The second-order valence-electron chi connectivity index (χ2n) is 5.40. The van der Waals surface area contributed by atoms with E-state index in [9.17, 15) is 0 Å². The number of allylic oxidation sites excluding steroid dienone is 1. The van der Waals surface area contributed by atoms with Crippen LogP contribution in [0.3, 0.4) is 0 Å². The van der Waals surface area contributed by atoms with Crippen LogP contribution in [0.15, 0.2) is 42.5 Å². The summed E-state index contributed by atoms with van der Waals surface area (Å²) in [5.74, 6) is 0.555. The van der Waals surface area contributed by atoms with Crippen LogP contribution in [0.1, 0.15) is 19.8 Å². The zero-order valence-corrected chi connectivity index (χ0v) is 12.0. The van der Waals surface area contributed by atoms with E-state index in [4.69, 9.17) is 4.43 Å². The molecule has 0 spiro atoms. The van der Waals surface area contributed by atoms with Gasteiger partial charge in [-0.2, -0.15) is 0 Å². The van der Waals surface area contributed by atoms with Gasteiger partial charge in [-0.15, -0.1) is 0 Å². The van der Waals surface area contributed by atoms with Gasteiger partial charge in [-0.05, 0) is 37.0 Å². The summed E-state index contributed by atoms with van der Waals surface area (Å²) in [5, 5.41) is 1.39. The average Bonchev–Trinajstić information content (AvgIpc) is 2.33. The average molecular weight is 246 g/mol. The van der Waals surface area contributed by atoms with Gasteiger partial charge < -0.3 is 4.43 Å². The fourth-order valence-corrected chi connectivity index (χ4v) is 4.63. The maximum absolute atomic E-state index is 6.46. The molecular weight excluding hydrogens is 224 g/mol. The first-order chi connectivity index (χ1) is 8.09. The van der Waals surface area contributed by atoms with E-state index in [2.05, 4.69) is 62.5 Å². The Balaban J connectivity index is 2.09. The molecule has 0 saturated heterocycles. The van der Waals surface area contributed by atoms with Crippen molar-refractivity contribution in [1.29, 1.82) is 0 Å². The van der Waals surface area contributed by atoms with Crippen molar-refractivity contribution in [3.05, 3.63) is 42.5 Å². The molecule has 0 unspecified atom stereocenters. The fraction of sp³-hybridized carbons (Fsp3) is 0.467. The molecule has 0 amide bonds. The van der Waals surface area contributed by atoms with Crippen LogP contribution < -0.4 is 5.19 Å². The van der Waals surface area contributed by atoms with Crippen molar-refractivity contribution in [1.82, 2.24) is 0 Å². The van der Waals surface area contributed by atoms with Gasteiger partial charge >= 0.3 is 0 Å². The van der Waals surface area contributed by atoms with Gasteiger partial charge in [0.2, 0.25) is 8.32 Å². The fourth-order valence-electron chi connectivity index (χ4n) is 2.41. The Bertz CT molecular complexity index is 383. The smallest absolute Gasteiger partial charge is 0.218 e. The Morgan fingerprint density at radius 1 is 1.18 bits per heavy atom. The third kappa shape index (κ3) is 3.08. The third-order valence-corrected chi connectivity index (χ3v) is 6.17. The molecule has 0 aliphatic heterocycles. The van der Waals surface area contributed by atoms with Crippen LogP contribution in [0.2, 0.25) is 13.1 Å². The van der Waals surface area contributed by atoms with Crippen molar-refractivity contribution >= 4 is 13.5 Å². The summed E-state index contributed by atoms with van der Waals surface area (Å²) >= 11 is 0. The lowest BCUT2D eigenvalue weighted by Crippen LogP contribution is -2.48. The molecule has 17 heavy (non-hydrogen) atoms. The van der Waals surface area contributed by atoms with Crippen LogP contribution in [-0.4, -0.2) is 14.4 Å². The van der Waals surface area contributed by atoms with E-state index >= 15 is 0 Å². The lowest BCUT2D eigenvalue weighted by molar-refractivity contribution is 0.145. The monoisotopic (exact) mass is 246 g/mol. The van der Waals surface area contributed by atoms with Crippen molar-refractivity contribution in [3.63, 3.8) is 0 Å². The molecule has 0 N–H and O–H groups in total. The normalized spacial score (nSPS) is 24.9. The van der Waals surface area contributed by atoms with E-state index in [0.717, 1.165) is 6.42 Å². The van der Waals surface area contributed by atoms with Gasteiger partial charge in [-0.1, -0.05) is 49.4 Å². The van der Waals surface area contributed by atoms with Crippen molar-refractivity contribution in [2.45, 2.75) is 39.0 Å². The quantitative estimate of drug-likeness (QED) is 0.586. The summed E-state index contributed by atoms with van der Waals surface area (Å²) in [4.78, 5) is 0. The molecule has 0 bridgehead atoms. The molecule has 0 fully saturated rings. The summed E-state index contributed by atoms with van der Waals surface area (Å²) in [7, 11) is -1.74. The molecule has 0 aromatic heterocycles. The Labute approximate surface area is 106 Å². The predicted molar refractivity (Wildman–Crippen MR) is 76.0 cm³/mol. The maximum atomic E-state index is 6.46. The Morgan fingerprint density at radius 2 is 1.88 bits per heavy atom. The highest BCUT2D eigenvalue weighted by atomic mass is 28.4. The largest absolute Gasteiger partial charge is 0.409 e. The minimum absolute atomic E-state index is 0.405. The van der Waals surface area contributed by atoms with Crippen molar-refractivity contribution in [2.75, 3.05) is 0 Å². The van der Waals surface area contributed by atoms with Gasteiger partial charge in [0, 0.05) is 0 Å². The maximum Gasteiger partial charge on any atom is 0.218 e. The van der Waals surface area contributed by atoms with Gasteiger partial charge in [0.05, 0.1) is 6.10 Å². The highest BCUT2D eigenvalue weighted by molar-refractivity contribution is 6.84. The Morgan fingerprint density at radius 3 is 2.53 bits per heavy atom. The third-order valence-electron chi connectivity index (χ3n) is 3.56. The number of rotatable bonds is 3. The molecule has 0 saturated carbocycles. The topological polar surface area (TPSA) is 9.23 Å². The van der Waals surface area contributed by atoms with E-state index in [1.54, 1.807) is 0 Å². The first-order valence-corrected chi connectivity index (χ1v) is 9.40. The summed E-state index contributed by atoms with van der Waals surface area (Å²) in [6.45, 7) is 6.86. The highest BCUT2D eigenvalue weighted by Crippen LogP contribution is 2.24. The molecule has 1 aliphatic rings. The van der Waals surface area contributed by atoms with Crippen LogP contribution in [0, 0.1) is 5.92 Å². The van der Waals surface area contributed by atoms with Gasteiger partial charge in [-0.3, -0.25) is 0 Å². The molecular formula is C15H22OSi. The van der Waals surface area contributed by atoms with E-state index in [1.165, 1.54) is 11.6 Å². The Hall–Kier alpha value is -0.863. The summed E-state index contributed by atoms with van der Waals surface area (Å²) in [5.41, 5.74) is 0. The van der Waals surface area contributed by atoms with Gasteiger partial charge in [0.1, 0.15) is 0 Å². The zero-order valence-electron chi connectivity index (χ0n) is 11.0. The molecule has 2 heteroatoms. The molecule has 1 aliphatic carbocycles. The highest BCUT2D eigenvalue weighted by Gasteiger charge is 2.31. The molecule has 0 radical (unpaired) electrons. The number of hydrogen-bond acceptors (Lipinski definition) is 1. The first-order valence-electron chi connectivity index (χ1n) is 6.49. The molecule has 1 nitrogen and oxygen atoms in total. The summed E-state index contributed by atoms with van der Waals surface area (Å²) in [6, 6.07) is 10.7. The second kappa shape index (κ2) is 5.19. The van der Waals surface area contributed by atoms with E-state index in [0.29, 0.717) is 12.0 Å². The molecule has 0 heterocycles. The molecule has 92 valence electrons. The SMILES string of the molecule is C[C@H]1C=CCC[C@@H]1O[Si](C)(C)c1ccccc1. The van der Waals surface area contributed by atoms with Crippen LogP contribution in [-0.2, 0) is 4.43 Å². The lowest BCUT2D eigenvalue weighted by Gasteiger charge is -2.33. The van der Waals surface area contributed by atoms with Gasteiger partial charge in [0.25, 0.3) is 0 Å². The van der Waals surface area contributed by atoms with Crippen LogP contribution in [0.4, 0.5) is 0 Å². The molecule has 2 rings (SSSR count). The summed E-state index contributed by atoms with van der Waals surface area (Å²) in [6.07, 6.45) is 7.31. The van der Waals surface area contributed by atoms with E-state index in [1.807, 2.05) is 0 Å². The number of hydrogen-bond donors (Lipinski definition) is 0. The minimum atomic E-state index is -1.74. The Kier molecular flexibility index (Phi) is 3.85. The van der Waals surface area contributed by atoms with Gasteiger partial charge in [-0.25, -0.2) is 0 Å². The van der Waals surface area contributed by atoms with Crippen molar-refractivity contribution < 1.29 is 4.43 Å². The lowest BCUT2D eigenvalue weighted by atomic mass is 9.95. The zero-order chi connectivity index (χ0) is 12.3.